The van der Waals surface area contributed by atoms with Gasteiger partial charge < -0.3 is 15.0 Å². The van der Waals surface area contributed by atoms with Crippen molar-refractivity contribution in [1.29, 1.82) is 0 Å². The number of nitrogens with one attached hydrogen (secondary N) is 1. The van der Waals surface area contributed by atoms with Crippen molar-refractivity contribution in [2.75, 3.05) is 23.7 Å². The fourth-order valence-electron chi connectivity index (χ4n) is 4.69. The van der Waals surface area contributed by atoms with E-state index in [4.69, 9.17) is 0 Å². The molecule has 0 spiro atoms. The number of alkyl halides is 4. The number of rotatable bonds is 8. The summed E-state index contributed by atoms with van der Waals surface area (Å²) >= 11 is 1.42. The Hall–Kier alpha value is -4.46. The molecule has 236 valence electrons. The summed E-state index contributed by atoms with van der Waals surface area (Å²) in [5.74, 6) is 0.475. The van der Waals surface area contributed by atoms with Gasteiger partial charge in [-0.05, 0) is 65.9 Å². The Balaban J connectivity index is 1.20. The number of anilines is 1. The molecule has 1 fully saturated rings. The summed E-state index contributed by atoms with van der Waals surface area (Å²) in [5.41, 5.74) is 2.99. The molecule has 0 radical (unpaired) electrons. The number of ether oxygens (including phenoxy) is 1. The number of carbonyl (C=O) groups is 1. The van der Waals surface area contributed by atoms with Crippen molar-refractivity contribution in [3.8, 4) is 22.8 Å². The average molecular weight is 645 g/mol. The van der Waals surface area contributed by atoms with Crippen LogP contribution in [0.1, 0.15) is 43.5 Å². The van der Waals surface area contributed by atoms with Crippen LogP contribution < -0.4 is 15.0 Å². The van der Waals surface area contributed by atoms with Gasteiger partial charge in [0.15, 0.2) is 11.0 Å². The molecular weight excluding hydrogens is 615 g/mol. The van der Waals surface area contributed by atoms with Crippen molar-refractivity contribution < 1.29 is 31.5 Å². The van der Waals surface area contributed by atoms with Gasteiger partial charge in [-0.25, -0.2) is 23.2 Å². The predicted molar refractivity (Wildman–Crippen MR) is 163 cm³/mol. The number of amidine groups is 1. The Morgan fingerprint density at radius 3 is 2.51 bits per heavy atom. The lowest BCUT2D eigenvalue weighted by Gasteiger charge is -2.32. The summed E-state index contributed by atoms with van der Waals surface area (Å²) in [7, 11) is 0. The first-order chi connectivity index (χ1) is 21.5. The SMILES string of the molecule is CC(C)c1cc(F)ccc1N1CCCSC1=NC(=O)NCC(F)c1ccc(-c2ncn(-c3ccc(OC(F)(F)F)cc3)n2)cc1. The molecule has 1 saturated heterocycles. The zero-order valence-corrected chi connectivity index (χ0v) is 25.1. The summed E-state index contributed by atoms with van der Waals surface area (Å²) in [6.07, 6.45) is -4.02. The Kier molecular flexibility index (Phi) is 9.71. The molecule has 45 heavy (non-hydrogen) atoms. The second kappa shape index (κ2) is 13.7. The van der Waals surface area contributed by atoms with E-state index in [0.717, 1.165) is 23.4 Å². The van der Waals surface area contributed by atoms with E-state index in [9.17, 15) is 22.4 Å². The highest BCUT2D eigenvalue weighted by Gasteiger charge is 2.31. The first-order valence-electron chi connectivity index (χ1n) is 14.1. The third kappa shape index (κ3) is 8.18. The zero-order valence-electron chi connectivity index (χ0n) is 24.3. The lowest BCUT2D eigenvalue weighted by atomic mass is 10.00. The second-order valence-corrected chi connectivity index (χ2v) is 11.5. The number of aliphatic imine (C=N–C) groups is 1. The van der Waals surface area contributed by atoms with Crippen LogP contribution in [0.25, 0.3) is 17.1 Å². The maximum Gasteiger partial charge on any atom is 0.573 e. The normalized spacial score (nSPS) is 15.4. The van der Waals surface area contributed by atoms with Crippen LogP contribution in [0.2, 0.25) is 0 Å². The molecule has 4 aromatic rings. The molecule has 14 heteroatoms. The van der Waals surface area contributed by atoms with Crippen LogP contribution in [0.15, 0.2) is 78.0 Å². The molecule has 0 saturated carbocycles. The molecule has 1 unspecified atom stereocenters. The second-order valence-electron chi connectivity index (χ2n) is 10.4. The third-order valence-electron chi connectivity index (χ3n) is 6.88. The fourth-order valence-corrected chi connectivity index (χ4v) is 5.64. The van der Waals surface area contributed by atoms with Crippen molar-refractivity contribution in [2.45, 2.75) is 38.7 Å². The van der Waals surface area contributed by atoms with Crippen molar-refractivity contribution >= 4 is 28.6 Å². The minimum atomic E-state index is -4.78. The summed E-state index contributed by atoms with van der Waals surface area (Å²) in [4.78, 5) is 23.0. The molecule has 1 aliphatic rings. The lowest BCUT2D eigenvalue weighted by Crippen LogP contribution is -2.36. The number of halogens is 5. The molecule has 2 amide bonds. The van der Waals surface area contributed by atoms with Crippen LogP contribution in [0.5, 0.6) is 5.75 Å². The summed E-state index contributed by atoms with van der Waals surface area (Å²) in [5, 5.41) is 7.35. The van der Waals surface area contributed by atoms with Crippen molar-refractivity contribution in [2.24, 2.45) is 4.99 Å². The molecule has 1 aromatic heterocycles. The third-order valence-corrected chi connectivity index (χ3v) is 7.94. The van der Waals surface area contributed by atoms with Crippen LogP contribution in [-0.2, 0) is 0 Å². The summed E-state index contributed by atoms with van der Waals surface area (Å²) in [6, 6.07) is 15.4. The van der Waals surface area contributed by atoms with Crippen LogP contribution in [0, 0.1) is 5.82 Å². The first-order valence-corrected chi connectivity index (χ1v) is 15.0. The van der Waals surface area contributed by atoms with Gasteiger partial charge in [0.05, 0.1) is 12.2 Å². The Morgan fingerprint density at radius 2 is 1.82 bits per heavy atom. The minimum absolute atomic E-state index is 0.0605. The van der Waals surface area contributed by atoms with Gasteiger partial charge in [-0.3, -0.25) is 0 Å². The zero-order chi connectivity index (χ0) is 32.1. The number of thioether (sulfide) groups is 1. The van der Waals surface area contributed by atoms with Crippen LogP contribution >= 0.6 is 11.8 Å². The van der Waals surface area contributed by atoms with E-state index in [1.54, 1.807) is 30.3 Å². The molecule has 1 N–H and O–H groups in total. The maximum absolute atomic E-state index is 15.1. The highest BCUT2D eigenvalue weighted by molar-refractivity contribution is 8.14. The largest absolute Gasteiger partial charge is 0.573 e. The fraction of sp³-hybridized carbons (Fsp3) is 0.290. The smallest absolute Gasteiger partial charge is 0.406 e. The molecule has 2 heterocycles. The standard InChI is InChI=1S/C31H29F5N6O2S/c1-19(2)25-16-22(32)8-13-27(25)41-14-3-15-45-30(41)39-29(43)37-17-26(33)20-4-6-21(7-5-20)28-38-18-42(40-28)23-9-11-24(12-10-23)44-31(34,35)36/h4-13,16,18-19,26H,3,14-15,17H2,1-2H3,(H,37,43). The molecule has 8 nitrogen and oxygen atoms in total. The van der Waals surface area contributed by atoms with Gasteiger partial charge in [0, 0.05) is 23.5 Å². The number of urea groups is 1. The minimum Gasteiger partial charge on any atom is -0.406 e. The Labute approximate surface area is 260 Å². The van der Waals surface area contributed by atoms with E-state index in [0.29, 0.717) is 34.4 Å². The highest BCUT2D eigenvalue weighted by Crippen LogP contribution is 2.33. The van der Waals surface area contributed by atoms with Gasteiger partial charge >= 0.3 is 12.4 Å². The van der Waals surface area contributed by atoms with Crippen molar-refractivity contribution in [3.05, 3.63) is 90.0 Å². The number of carbonyl (C=O) groups excluding carboxylic acids is 1. The number of hydrogen-bond acceptors (Lipinski definition) is 5. The van der Waals surface area contributed by atoms with Gasteiger partial charge in [0.25, 0.3) is 0 Å². The van der Waals surface area contributed by atoms with Gasteiger partial charge in [0.1, 0.15) is 24.1 Å². The van der Waals surface area contributed by atoms with Crippen LogP contribution in [-0.4, -0.2) is 51.2 Å². The molecule has 1 aliphatic heterocycles. The number of nitrogens with zero attached hydrogens (tertiary/aromatic N) is 5. The van der Waals surface area contributed by atoms with E-state index >= 15 is 4.39 Å². The van der Waals surface area contributed by atoms with Crippen LogP contribution in [0.4, 0.5) is 32.4 Å². The molecular formula is C31H29F5N6O2S. The van der Waals surface area contributed by atoms with Gasteiger partial charge in [0.2, 0.25) is 0 Å². The maximum atomic E-state index is 15.1. The average Bonchev–Trinajstić information content (AvgIpc) is 3.50. The van der Waals surface area contributed by atoms with E-state index in [1.807, 2.05) is 18.7 Å². The molecule has 3 aromatic carbocycles. The molecule has 1 atom stereocenters. The number of aromatic nitrogens is 3. The van der Waals surface area contributed by atoms with Gasteiger partial charge in [-0.15, -0.1) is 18.3 Å². The van der Waals surface area contributed by atoms with Gasteiger partial charge in [-0.1, -0.05) is 49.9 Å². The number of benzene rings is 3. The lowest BCUT2D eigenvalue weighted by molar-refractivity contribution is -0.274. The predicted octanol–water partition coefficient (Wildman–Crippen LogP) is 7.82. The first kappa shape index (κ1) is 31.9. The Morgan fingerprint density at radius 1 is 1.09 bits per heavy atom. The summed E-state index contributed by atoms with van der Waals surface area (Å²) in [6.45, 7) is 4.27. The van der Waals surface area contributed by atoms with Gasteiger partial charge in [-0.2, -0.15) is 4.99 Å². The molecule has 0 bridgehead atoms. The van der Waals surface area contributed by atoms with Crippen LogP contribution in [0.3, 0.4) is 0 Å². The quantitative estimate of drug-likeness (QED) is 0.197. The van der Waals surface area contributed by atoms with Crippen molar-refractivity contribution in [1.82, 2.24) is 20.1 Å². The van der Waals surface area contributed by atoms with E-state index < -0.39 is 18.6 Å². The molecule has 5 rings (SSSR count). The Bertz CT molecular complexity index is 1660. The highest BCUT2D eigenvalue weighted by atomic mass is 32.2. The van der Waals surface area contributed by atoms with E-state index in [1.165, 1.54) is 59.2 Å². The molecule has 0 aliphatic carbocycles. The number of hydrogen-bond donors (Lipinski definition) is 1. The van der Waals surface area contributed by atoms with E-state index in [2.05, 4.69) is 25.1 Å². The van der Waals surface area contributed by atoms with E-state index in [-0.39, 0.29) is 24.0 Å². The monoisotopic (exact) mass is 644 g/mol. The van der Waals surface area contributed by atoms with Crippen molar-refractivity contribution in [3.63, 3.8) is 0 Å². The number of amides is 2. The topological polar surface area (TPSA) is 84.6 Å². The summed E-state index contributed by atoms with van der Waals surface area (Å²) < 4.78 is 71.5.